The van der Waals surface area contributed by atoms with Crippen LogP contribution in [0.5, 0.6) is 5.75 Å². The van der Waals surface area contributed by atoms with Gasteiger partial charge in [-0.1, -0.05) is 36.4 Å². The van der Waals surface area contributed by atoms with Crippen molar-refractivity contribution in [2.75, 3.05) is 0 Å². The Hall–Kier alpha value is -2.88. The maximum Gasteiger partial charge on any atom is 0.116 e. The van der Waals surface area contributed by atoms with E-state index in [4.69, 9.17) is 5.84 Å². The molecule has 3 rings (SSSR count). The second-order valence-corrected chi connectivity index (χ2v) is 4.41. The van der Waals surface area contributed by atoms with Crippen molar-refractivity contribution in [3.63, 3.8) is 0 Å². The summed E-state index contributed by atoms with van der Waals surface area (Å²) < 4.78 is 0. The van der Waals surface area contributed by atoms with E-state index in [2.05, 4.69) is 10.1 Å². The number of nitrogens with zero attached hydrogens (tertiary/aromatic N) is 2. The molecule has 0 bridgehead atoms. The van der Waals surface area contributed by atoms with Crippen molar-refractivity contribution < 1.29 is 5.11 Å². The number of pyridine rings is 1. The van der Waals surface area contributed by atoms with Crippen LogP contribution in [0.25, 0.3) is 10.9 Å². The highest BCUT2D eigenvalue weighted by molar-refractivity contribution is 6.18. The molecule has 1 aromatic heterocycles. The molecule has 3 N–H and O–H groups in total. The summed E-state index contributed by atoms with van der Waals surface area (Å²) in [7, 11) is 0. The highest BCUT2D eigenvalue weighted by atomic mass is 16.3. The first-order valence-electron chi connectivity index (χ1n) is 6.21. The van der Waals surface area contributed by atoms with Gasteiger partial charge in [-0.05, 0) is 18.2 Å². The Balaban J connectivity index is 2.23. The Morgan fingerprint density at radius 1 is 1.05 bits per heavy atom. The minimum absolute atomic E-state index is 0.178. The molecule has 0 spiro atoms. The van der Waals surface area contributed by atoms with E-state index in [0.29, 0.717) is 5.71 Å². The number of aromatic hydroxyl groups is 1. The van der Waals surface area contributed by atoms with Crippen LogP contribution < -0.4 is 5.84 Å². The Labute approximate surface area is 116 Å². The molecule has 98 valence electrons. The van der Waals surface area contributed by atoms with Crippen LogP contribution in [0, 0.1) is 0 Å². The quantitative estimate of drug-likeness (QED) is 0.424. The summed E-state index contributed by atoms with van der Waals surface area (Å²) in [5.41, 5.74) is 3.04. The molecule has 20 heavy (non-hydrogen) atoms. The Bertz CT molecular complexity index is 791. The van der Waals surface area contributed by atoms with Crippen LogP contribution in [0.15, 0.2) is 65.9 Å². The molecule has 1 heterocycles. The number of rotatable bonds is 2. The number of fused-ring (bicyclic) bond motifs is 1. The van der Waals surface area contributed by atoms with Crippen LogP contribution >= 0.6 is 0 Å². The fourth-order valence-electron chi connectivity index (χ4n) is 2.25. The van der Waals surface area contributed by atoms with Crippen molar-refractivity contribution in [3.8, 4) is 5.75 Å². The van der Waals surface area contributed by atoms with Gasteiger partial charge in [0.05, 0.1) is 11.2 Å². The van der Waals surface area contributed by atoms with Crippen molar-refractivity contribution in [1.29, 1.82) is 0 Å². The maximum absolute atomic E-state index is 9.61. The van der Waals surface area contributed by atoms with Gasteiger partial charge in [0, 0.05) is 22.7 Å². The third-order valence-corrected chi connectivity index (χ3v) is 3.14. The van der Waals surface area contributed by atoms with E-state index in [-0.39, 0.29) is 5.75 Å². The van der Waals surface area contributed by atoms with E-state index in [0.717, 1.165) is 22.0 Å². The maximum atomic E-state index is 9.61. The standard InChI is InChI=1S/C16H13N3O/c17-19-16(12-5-1-7-13(20)10-12)14-8-2-4-11-6-3-9-18-15(11)14/h1-10,20H,17H2/b19-16+. The average molecular weight is 263 g/mol. The molecule has 0 aliphatic heterocycles. The molecule has 0 radical (unpaired) electrons. The number of aromatic nitrogens is 1. The SMILES string of the molecule is N/N=C(\c1cccc(O)c1)c1cccc2cccnc12. The normalized spacial score (nSPS) is 11.7. The van der Waals surface area contributed by atoms with Gasteiger partial charge in [-0.25, -0.2) is 0 Å². The molecule has 0 amide bonds. The van der Waals surface area contributed by atoms with E-state index in [1.807, 2.05) is 36.4 Å². The lowest BCUT2D eigenvalue weighted by Crippen LogP contribution is -2.07. The van der Waals surface area contributed by atoms with E-state index in [1.54, 1.807) is 24.4 Å². The summed E-state index contributed by atoms with van der Waals surface area (Å²) in [6.07, 6.45) is 1.74. The molecule has 0 aliphatic rings. The van der Waals surface area contributed by atoms with E-state index in [9.17, 15) is 5.11 Å². The minimum atomic E-state index is 0.178. The number of nitrogens with two attached hydrogens (primary N) is 1. The van der Waals surface area contributed by atoms with Crippen LogP contribution in [0.2, 0.25) is 0 Å². The Kier molecular flexibility index (Phi) is 3.05. The van der Waals surface area contributed by atoms with Crippen molar-refractivity contribution in [3.05, 3.63) is 71.9 Å². The molecule has 0 atom stereocenters. The summed E-state index contributed by atoms with van der Waals surface area (Å²) in [4.78, 5) is 4.40. The number of benzene rings is 2. The van der Waals surface area contributed by atoms with Crippen LogP contribution in [0.3, 0.4) is 0 Å². The van der Waals surface area contributed by atoms with Gasteiger partial charge in [0.25, 0.3) is 0 Å². The molecule has 4 heteroatoms. The first-order chi connectivity index (χ1) is 9.79. The summed E-state index contributed by atoms with van der Waals surface area (Å²) in [6, 6.07) is 16.6. The number of para-hydroxylation sites is 1. The monoisotopic (exact) mass is 263 g/mol. The molecule has 2 aromatic carbocycles. The molecule has 0 aliphatic carbocycles. The van der Waals surface area contributed by atoms with Gasteiger partial charge in [-0.15, -0.1) is 0 Å². The topological polar surface area (TPSA) is 71.5 Å². The van der Waals surface area contributed by atoms with Gasteiger partial charge in [0.1, 0.15) is 5.75 Å². The highest BCUT2D eigenvalue weighted by Crippen LogP contribution is 2.21. The lowest BCUT2D eigenvalue weighted by molar-refractivity contribution is 0.475. The molecule has 0 saturated heterocycles. The molecule has 4 nitrogen and oxygen atoms in total. The molecular weight excluding hydrogens is 250 g/mol. The number of hydrazone groups is 1. The molecule has 3 aromatic rings. The van der Waals surface area contributed by atoms with Crippen molar-refractivity contribution in [2.24, 2.45) is 10.9 Å². The van der Waals surface area contributed by atoms with Crippen molar-refractivity contribution >= 4 is 16.6 Å². The molecular formula is C16H13N3O. The van der Waals surface area contributed by atoms with Gasteiger partial charge in [0.15, 0.2) is 0 Å². The smallest absolute Gasteiger partial charge is 0.116 e. The highest BCUT2D eigenvalue weighted by Gasteiger charge is 2.11. The number of phenols is 1. The lowest BCUT2D eigenvalue weighted by Gasteiger charge is -2.09. The largest absolute Gasteiger partial charge is 0.508 e. The fourth-order valence-corrected chi connectivity index (χ4v) is 2.25. The first kappa shape index (κ1) is 12.2. The summed E-state index contributed by atoms with van der Waals surface area (Å²) in [5.74, 6) is 5.73. The van der Waals surface area contributed by atoms with Crippen LogP contribution in [0.4, 0.5) is 0 Å². The second kappa shape index (κ2) is 5.01. The Morgan fingerprint density at radius 3 is 2.65 bits per heavy atom. The van der Waals surface area contributed by atoms with Crippen LogP contribution in [-0.4, -0.2) is 15.8 Å². The molecule has 0 saturated carbocycles. The van der Waals surface area contributed by atoms with E-state index < -0.39 is 0 Å². The zero-order valence-corrected chi connectivity index (χ0v) is 10.7. The van der Waals surface area contributed by atoms with Gasteiger partial charge in [-0.2, -0.15) is 5.10 Å². The average Bonchev–Trinajstić information content (AvgIpc) is 2.48. The van der Waals surface area contributed by atoms with Crippen LogP contribution in [0.1, 0.15) is 11.1 Å². The first-order valence-corrected chi connectivity index (χ1v) is 6.21. The van der Waals surface area contributed by atoms with Crippen LogP contribution in [-0.2, 0) is 0 Å². The number of hydrogen-bond donors (Lipinski definition) is 2. The minimum Gasteiger partial charge on any atom is -0.508 e. The van der Waals surface area contributed by atoms with E-state index in [1.165, 1.54) is 0 Å². The molecule has 0 fully saturated rings. The number of phenolic OH excluding ortho intramolecular Hbond substituents is 1. The summed E-state index contributed by atoms with van der Waals surface area (Å²) in [6.45, 7) is 0. The predicted molar refractivity (Wildman–Crippen MR) is 79.7 cm³/mol. The Morgan fingerprint density at radius 2 is 1.85 bits per heavy atom. The van der Waals surface area contributed by atoms with Crippen molar-refractivity contribution in [2.45, 2.75) is 0 Å². The third-order valence-electron chi connectivity index (χ3n) is 3.14. The van der Waals surface area contributed by atoms with E-state index >= 15 is 0 Å². The number of hydrogen-bond acceptors (Lipinski definition) is 4. The van der Waals surface area contributed by atoms with Crippen molar-refractivity contribution in [1.82, 2.24) is 4.98 Å². The summed E-state index contributed by atoms with van der Waals surface area (Å²) in [5, 5.41) is 14.5. The van der Waals surface area contributed by atoms with Gasteiger partial charge in [0.2, 0.25) is 0 Å². The fraction of sp³-hybridized carbons (Fsp3) is 0. The lowest BCUT2D eigenvalue weighted by atomic mass is 9.99. The van der Waals surface area contributed by atoms with Gasteiger partial charge < -0.3 is 10.9 Å². The zero-order chi connectivity index (χ0) is 13.9. The second-order valence-electron chi connectivity index (χ2n) is 4.41. The zero-order valence-electron chi connectivity index (χ0n) is 10.7. The van der Waals surface area contributed by atoms with Gasteiger partial charge >= 0.3 is 0 Å². The predicted octanol–water partition coefficient (Wildman–Crippen LogP) is 2.65. The third kappa shape index (κ3) is 2.07. The van der Waals surface area contributed by atoms with Gasteiger partial charge in [-0.3, -0.25) is 4.98 Å². The molecule has 0 unspecified atom stereocenters. The summed E-state index contributed by atoms with van der Waals surface area (Å²) >= 11 is 0.